The van der Waals surface area contributed by atoms with Crippen LogP contribution in [0.25, 0.3) is 17.1 Å². The number of rotatable bonds is 8. The molecule has 1 saturated heterocycles. The van der Waals surface area contributed by atoms with Crippen LogP contribution in [0, 0.1) is 11.6 Å². The molecule has 0 bridgehead atoms. The van der Waals surface area contributed by atoms with E-state index in [0.717, 1.165) is 36.2 Å². The van der Waals surface area contributed by atoms with Crippen LogP contribution >= 0.6 is 0 Å². The molecule has 2 aliphatic rings. The lowest BCUT2D eigenvalue weighted by Crippen LogP contribution is -2.42. The molecule has 2 fully saturated rings. The van der Waals surface area contributed by atoms with Crippen LogP contribution in [0.1, 0.15) is 36.8 Å². The molecule has 3 aromatic rings. The van der Waals surface area contributed by atoms with E-state index < -0.39 is 44.8 Å². The smallest absolute Gasteiger partial charge is 0.351 e. The summed E-state index contributed by atoms with van der Waals surface area (Å²) >= 11 is 0. The van der Waals surface area contributed by atoms with Crippen molar-refractivity contribution in [2.24, 2.45) is 0 Å². The molecule has 2 N–H and O–H groups in total. The van der Waals surface area contributed by atoms with Gasteiger partial charge in [-0.3, -0.25) is 0 Å². The van der Waals surface area contributed by atoms with E-state index in [1.54, 1.807) is 0 Å². The Morgan fingerprint density at radius 3 is 2.28 bits per heavy atom. The molecular weight excluding hydrogens is 545 g/mol. The fraction of sp³-hybridized carbons (Fsp3) is 0.458. The number of sulfonamides is 1. The molecule has 9 nitrogen and oxygen atoms in total. The van der Waals surface area contributed by atoms with Crippen LogP contribution < -0.4 is 10.6 Å². The molecule has 15 heteroatoms. The maximum Gasteiger partial charge on any atom is 0.420 e. The minimum absolute atomic E-state index is 0.102. The van der Waals surface area contributed by atoms with Gasteiger partial charge in [-0.25, -0.2) is 36.5 Å². The largest absolute Gasteiger partial charge is 0.420 e. The molecule has 0 radical (unpaired) electrons. The number of imidazole rings is 1. The van der Waals surface area contributed by atoms with E-state index in [2.05, 4.69) is 25.6 Å². The Morgan fingerprint density at radius 2 is 1.69 bits per heavy atom. The quantitative estimate of drug-likeness (QED) is 0.397. The Balaban J connectivity index is 1.40. The number of anilines is 1. The van der Waals surface area contributed by atoms with E-state index in [9.17, 15) is 30.4 Å². The zero-order valence-electron chi connectivity index (χ0n) is 20.8. The molecule has 0 spiro atoms. The summed E-state index contributed by atoms with van der Waals surface area (Å²) in [7, 11) is -3.34. The van der Waals surface area contributed by atoms with Gasteiger partial charge in [0.15, 0.2) is 11.6 Å². The summed E-state index contributed by atoms with van der Waals surface area (Å²) in [5, 5.41) is 6.12. The van der Waals surface area contributed by atoms with Gasteiger partial charge in [0.05, 0.1) is 6.26 Å². The van der Waals surface area contributed by atoms with Crippen LogP contribution in [-0.4, -0.2) is 63.7 Å². The van der Waals surface area contributed by atoms with Crippen molar-refractivity contribution in [2.75, 3.05) is 24.7 Å². The molecule has 1 aliphatic heterocycles. The van der Waals surface area contributed by atoms with Gasteiger partial charge in [0.25, 0.3) is 0 Å². The lowest BCUT2D eigenvalue weighted by atomic mass is 10.1. The topological polar surface area (TPSA) is 105 Å². The molecule has 0 atom stereocenters. The second-order valence-electron chi connectivity index (χ2n) is 9.76. The average molecular weight is 572 g/mol. The molecule has 1 saturated carbocycles. The zero-order valence-corrected chi connectivity index (χ0v) is 21.7. The summed E-state index contributed by atoms with van der Waals surface area (Å²) in [6, 6.07) is 2.44. The van der Waals surface area contributed by atoms with Gasteiger partial charge in [-0.2, -0.15) is 13.2 Å². The SMILES string of the molecule is CS(=O)(=O)N1CCC(Nc2ncc(C(F)(F)F)c(-c3cn(-c4c(F)cc(CNC5CC5)cc4F)cn3)n2)CC1. The van der Waals surface area contributed by atoms with Crippen LogP contribution in [0.15, 0.2) is 30.9 Å². The maximum atomic E-state index is 14.9. The van der Waals surface area contributed by atoms with E-state index in [4.69, 9.17) is 0 Å². The number of nitrogens with zero attached hydrogens (tertiary/aromatic N) is 5. The highest BCUT2D eigenvalue weighted by Crippen LogP contribution is 2.36. The zero-order chi connectivity index (χ0) is 27.9. The summed E-state index contributed by atoms with van der Waals surface area (Å²) in [6.45, 7) is 0.800. The Hall–Kier alpha value is -3.17. The van der Waals surface area contributed by atoms with Crippen LogP contribution in [-0.2, 0) is 22.7 Å². The molecular formula is C24H26F5N7O2S. The fourth-order valence-corrected chi connectivity index (χ4v) is 5.33. The predicted octanol–water partition coefficient (Wildman–Crippen LogP) is 3.71. The predicted molar refractivity (Wildman–Crippen MR) is 132 cm³/mol. The first-order valence-corrected chi connectivity index (χ1v) is 14.2. The van der Waals surface area contributed by atoms with Crippen molar-refractivity contribution in [1.82, 2.24) is 29.1 Å². The van der Waals surface area contributed by atoms with Gasteiger partial charge in [0.2, 0.25) is 16.0 Å². The van der Waals surface area contributed by atoms with E-state index in [-0.39, 0.29) is 30.8 Å². The van der Waals surface area contributed by atoms with E-state index in [1.165, 1.54) is 16.4 Å². The number of nitrogens with one attached hydrogen (secondary N) is 2. The lowest BCUT2D eigenvalue weighted by Gasteiger charge is -2.30. The van der Waals surface area contributed by atoms with Crippen molar-refractivity contribution in [3.05, 3.63) is 53.6 Å². The third-order valence-electron chi connectivity index (χ3n) is 6.68. The second-order valence-corrected chi connectivity index (χ2v) is 11.7. The highest BCUT2D eigenvalue weighted by Gasteiger charge is 2.36. The Bertz CT molecular complexity index is 1440. The highest BCUT2D eigenvalue weighted by molar-refractivity contribution is 7.88. The summed E-state index contributed by atoms with van der Waals surface area (Å²) in [5.74, 6) is -1.86. The van der Waals surface area contributed by atoms with E-state index in [0.29, 0.717) is 37.2 Å². The molecule has 0 amide bonds. The third kappa shape index (κ3) is 6.36. The molecule has 2 aromatic heterocycles. The summed E-state index contributed by atoms with van der Waals surface area (Å²) in [4.78, 5) is 11.8. The number of piperidine rings is 1. The average Bonchev–Trinajstić information content (AvgIpc) is 3.56. The van der Waals surface area contributed by atoms with Crippen molar-refractivity contribution in [2.45, 2.75) is 50.5 Å². The first-order chi connectivity index (χ1) is 18.4. The minimum atomic E-state index is -4.81. The van der Waals surface area contributed by atoms with Gasteiger partial charge in [0, 0.05) is 44.1 Å². The summed E-state index contributed by atoms with van der Waals surface area (Å²) in [6.07, 6.45) is 1.88. The van der Waals surface area contributed by atoms with Crippen molar-refractivity contribution in [3.63, 3.8) is 0 Å². The molecule has 39 heavy (non-hydrogen) atoms. The van der Waals surface area contributed by atoms with Gasteiger partial charge in [-0.05, 0) is 43.4 Å². The minimum Gasteiger partial charge on any atom is -0.351 e. The monoisotopic (exact) mass is 571 g/mol. The molecule has 1 aliphatic carbocycles. The van der Waals surface area contributed by atoms with Crippen LogP contribution in [0.2, 0.25) is 0 Å². The number of hydrogen-bond acceptors (Lipinski definition) is 7. The summed E-state index contributed by atoms with van der Waals surface area (Å²) < 4.78 is 96.9. The third-order valence-corrected chi connectivity index (χ3v) is 7.99. The first-order valence-electron chi connectivity index (χ1n) is 12.3. The summed E-state index contributed by atoms with van der Waals surface area (Å²) in [5.41, 5.74) is -2.03. The molecule has 0 unspecified atom stereocenters. The van der Waals surface area contributed by atoms with Crippen LogP contribution in [0.5, 0.6) is 0 Å². The molecule has 3 heterocycles. The van der Waals surface area contributed by atoms with Gasteiger partial charge in [-0.1, -0.05) is 0 Å². The molecule has 210 valence electrons. The molecule has 5 rings (SSSR count). The Kier molecular flexibility index (Phi) is 7.33. The van der Waals surface area contributed by atoms with Crippen LogP contribution in [0.4, 0.5) is 27.9 Å². The number of benzene rings is 1. The van der Waals surface area contributed by atoms with Gasteiger partial charge in [-0.15, -0.1) is 0 Å². The van der Waals surface area contributed by atoms with Crippen molar-refractivity contribution >= 4 is 16.0 Å². The van der Waals surface area contributed by atoms with Gasteiger partial charge < -0.3 is 15.2 Å². The van der Waals surface area contributed by atoms with Gasteiger partial charge >= 0.3 is 6.18 Å². The Labute approximate surface area is 221 Å². The first kappa shape index (κ1) is 27.4. The number of halogens is 5. The van der Waals surface area contributed by atoms with Crippen molar-refractivity contribution < 1.29 is 30.4 Å². The number of aromatic nitrogens is 4. The maximum absolute atomic E-state index is 14.9. The van der Waals surface area contributed by atoms with E-state index >= 15 is 0 Å². The van der Waals surface area contributed by atoms with Crippen molar-refractivity contribution in [1.29, 1.82) is 0 Å². The second kappa shape index (κ2) is 10.4. The number of alkyl halides is 3. The highest BCUT2D eigenvalue weighted by atomic mass is 32.2. The normalized spacial score (nSPS) is 17.5. The lowest BCUT2D eigenvalue weighted by molar-refractivity contribution is -0.137. The van der Waals surface area contributed by atoms with Gasteiger partial charge in [0.1, 0.15) is 29.0 Å². The van der Waals surface area contributed by atoms with Crippen molar-refractivity contribution in [3.8, 4) is 17.1 Å². The molecule has 1 aromatic carbocycles. The van der Waals surface area contributed by atoms with Crippen LogP contribution in [0.3, 0.4) is 0 Å². The van der Waals surface area contributed by atoms with E-state index in [1.807, 2.05) is 0 Å². The standard InChI is InChI=1S/C24H26F5N7O2S/c1-39(37,38)36-6-4-16(5-7-36)33-23-31-11-17(24(27,28)29)21(34-23)20-12-35(13-32-20)22-18(25)8-14(9-19(22)26)10-30-15-2-3-15/h8-9,11-13,15-16,30H,2-7,10H2,1H3,(H,31,33,34). The Morgan fingerprint density at radius 1 is 1.03 bits per heavy atom. The number of hydrogen-bond donors (Lipinski definition) is 2. The fourth-order valence-electron chi connectivity index (χ4n) is 4.45.